The number of nitrogens with zero attached hydrogens (tertiary/aromatic N) is 1. The lowest BCUT2D eigenvalue weighted by atomic mass is 10.2. The summed E-state index contributed by atoms with van der Waals surface area (Å²) in [4.78, 5) is 3.57. The minimum Gasteiger partial charge on any atom is -0.279 e. The van der Waals surface area contributed by atoms with Crippen LogP contribution in [0.1, 0.15) is 5.56 Å². The van der Waals surface area contributed by atoms with Crippen LogP contribution in [0.25, 0.3) is 0 Å². The number of rotatable bonds is 3. The maximum Gasteiger partial charge on any atom is 0.416 e. The third kappa shape index (κ3) is 4.09. The number of nitrogens with one attached hydrogen (secondary N) is 1. The smallest absolute Gasteiger partial charge is 0.279 e. The average molecular weight is 422 g/mol. The molecule has 0 atom stereocenters. The van der Waals surface area contributed by atoms with Gasteiger partial charge in [0.05, 0.1) is 17.4 Å². The third-order valence-electron chi connectivity index (χ3n) is 2.20. The summed E-state index contributed by atoms with van der Waals surface area (Å²) >= 11 is 9.14. The molecule has 0 unspecified atom stereocenters. The Labute approximate surface area is 135 Å². The lowest BCUT2D eigenvalue weighted by molar-refractivity contribution is -0.137. The largest absolute Gasteiger partial charge is 0.416 e. The summed E-state index contributed by atoms with van der Waals surface area (Å²) in [5.41, 5.74) is -1.20. The Kier molecular flexibility index (Phi) is 4.52. The van der Waals surface area contributed by atoms with E-state index in [1.807, 2.05) is 0 Å². The Balaban J connectivity index is 2.38. The SMILES string of the molecule is O=S(=O)(Nc1cc(Br)cc(C(F)(F)F)c1)c1cnc(Cl)s1. The van der Waals surface area contributed by atoms with Crippen molar-refractivity contribution in [2.75, 3.05) is 4.72 Å². The molecule has 0 saturated heterocycles. The first-order valence-electron chi connectivity index (χ1n) is 5.10. The zero-order valence-corrected chi connectivity index (χ0v) is 13.8. The van der Waals surface area contributed by atoms with Gasteiger partial charge < -0.3 is 0 Å². The first-order valence-corrected chi connectivity index (χ1v) is 8.57. The van der Waals surface area contributed by atoms with Crippen molar-refractivity contribution in [3.05, 3.63) is 38.9 Å². The van der Waals surface area contributed by atoms with Crippen molar-refractivity contribution in [1.29, 1.82) is 0 Å². The van der Waals surface area contributed by atoms with Crippen LogP contribution >= 0.6 is 38.9 Å². The summed E-state index contributed by atoms with van der Waals surface area (Å²) in [6.07, 6.45) is -3.56. The zero-order chi connectivity index (χ0) is 15.8. The molecule has 1 aromatic carbocycles. The summed E-state index contributed by atoms with van der Waals surface area (Å²) in [6.45, 7) is 0. The van der Waals surface area contributed by atoms with Gasteiger partial charge >= 0.3 is 6.18 Å². The summed E-state index contributed by atoms with van der Waals surface area (Å²) in [5, 5.41) is 0. The Morgan fingerprint density at radius 3 is 2.48 bits per heavy atom. The molecule has 0 aliphatic rings. The maximum atomic E-state index is 12.7. The highest BCUT2D eigenvalue weighted by Gasteiger charge is 2.31. The van der Waals surface area contributed by atoms with Crippen molar-refractivity contribution in [3.8, 4) is 0 Å². The van der Waals surface area contributed by atoms with Gasteiger partial charge in [0.15, 0.2) is 8.68 Å². The van der Waals surface area contributed by atoms with E-state index in [-0.39, 0.29) is 18.8 Å². The minimum atomic E-state index is -4.59. The number of halogens is 5. The average Bonchev–Trinajstić information content (AvgIpc) is 2.74. The van der Waals surface area contributed by atoms with Gasteiger partial charge in [-0.2, -0.15) is 13.2 Å². The molecule has 11 heteroatoms. The fourth-order valence-electron chi connectivity index (χ4n) is 1.38. The first kappa shape index (κ1) is 16.5. The number of anilines is 1. The highest BCUT2D eigenvalue weighted by Crippen LogP contribution is 2.34. The van der Waals surface area contributed by atoms with Crippen LogP contribution in [-0.4, -0.2) is 13.4 Å². The monoisotopic (exact) mass is 420 g/mol. The zero-order valence-electron chi connectivity index (χ0n) is 9.78. The van der Waals surface area contributed by atoms with Gasteiger partial charge in [0.2, 0.25) is 0 Å². The van der Waals surface area contributed by atoms with Gasteiger partial charge in [0.25, 0.3) is 10.0 Å². The normalized spacial score (nSPS) is 12.4. The molecule has 1 aromatic heterocycles. The summed E-state index contributed by atoms with van der Waals surface area (Å²) in [6, 6.07) is 2.77. The van der Waals surface area contributed by atoms with Gasteiger partial charge in [-0.1, -0.05) is 38.9 Å². The molecular formula is C10H5BrClF3N2O2S2. The molecule has 0 bridgehead atoms. The van der Waals surface area contributed by atoms with Crippen molar-refractivity contribution in [2.24, 2.45) is 0 Å². The van der Waals surface area contributed by atoms with E-state index in [0.29, 0.717) is 17.4 Å². The molecule has 0 amide bonds. The third-order valence-corrected chi connectivity index (χ3v) is 5.61. The summed E-state index contributed by atoms with van der Waals surface area (Å²) < 4.78 is 64.0. The molecule has 0 aliphatic carbocycles. The van der Waals surface area contributed by atoms with Crippen molar-refractivity contribution in [2.45, 2.75) is 10.4 Å². The van der Waals surface area contributed by atoms with Crippen LogP contribution in [0.15, 0.2) is 33.1 Å². The van der Waals surface area contributed by atoms with Crippen LogP contribution in [0.3, 0.4) is 0 Å². The van der Waals surface area contributed by atoms with Gasteiger partial charge in [-0.25, -0.2) is 13.4 Å². The predicted octanol–water partition coefficient (Wildman–Crippen LogP) is 4.38. The maximum absolute atomic E-state index is 12.7. The number of hydrogen-bond donors (Lipinski definition) is 1. The summed E-state index contributed by atoms with van der Waals surface area (Å²) in [5.74, 6) is 0. The van der Waals surface area contributed by atoms with E-state index in [1.165, 1.54) is 6.07 Å². The molecule has 0 spiro atoms. The van der Waals surface area contributed by atoms with E-state index in [1.54, 1.807) is 0 Å². The molecule has 0 fully saturated rings. The van der Waals surface area contributed by atoms with E-state index < -0.39 is 21.8 Å². The number of alkyl halides is 3. The van der Waals surface area contributed by atoms with E-state index in [2.05, 4.69) is 25.6 Å². The van der Waals surface area contributed by atoms with Crippen molar-refractivity contribution in [3.63, 3.8) is 0 Å². The van der Waals surface area contributed by atoms with Crippen LogP contribution in [0.4, 0.5) is 18.9 Å². The standard InChI is InChI=1S/C10H5BrClF3N2O2S2/c11-6-1-5(10(13,14)15)2-7(3-6)17-21(18,19)8-4-16-9(12)20-8/h1-4,17H. The predicted molar refractivity (Wildman–Crippen MR) is 77.1 cm³/mol. The molecule has 0 radical (unpaired) electrons. The first-order chi connectivity index (χ1) is 9.58. The molecular weight excluding hydrogens is 417 g/mol. The molecule has 114 valence electrons. The van der Waals surface area contributed by atoms with Crippen LogP contribution in [0.5, 0.6) is 0 Å². The van der Waals surface area contributed by atoms with Crippen LogP contribution in [0.2, 0.25) is 4.47 Å². The van der Waals surface area contributed by atoms with E-state index in [9.17, 15) is 21.6 Å². The highest BCUT2D eigenvalue weighted by molar-refractivity contribution is 9.10. The van der Waals surface area contributed by atoms with E-state index >= 15 is 0 Å². The summed E-state index contributed by atoms with van der Waals surface area (Å²) in [7, 11) is -4.04. The number of benzene rings is 1. The Bertz CT molecular complexity index is 777. The second-order valence-electron chi connectivity index (χ2n) is 3.76. The van der Waals surface area contributed by atoms with Crippen LogP contribution in [0, 0.1) is 0 Å². The molecule has 21 heavy (non-hydrogen) atoms. The van der Waals surface area contributed by atoms with E-state index in [4.69, 9.17) is 11.6 Å². The number of sulfonamides is 1. The Hall–Kier alpha value is -0.840. The molecule has 2 aromatic rings. The highest BCUT2D eigenvalue weighted by atomic mass is 79.9. The van der Waals surface area contributed by atoms with Crippen molar-refractivity contribution < 1.29 is 21.6 Å². The molecule has 0 aliphatic heterocycles. The Morgan fingerprint density at radius 1 is 1.29 bits per heavy atom. The molecule has 1 N–H and O–H groups in total. The van der Waals surface area contributed by atoms with Gasteiger partial charge in [0.1, 0.15) is 0 Å². The quantitative estimate of drug-likeness (QED) is 0.800. The second-order valence-corrected chi connectivity index (χ2v) is 8.20. The van der Waals surface area contributed by atoms with Gasteiger partial charge in [0, 0.05) is 4.47 Å². The Morgan fingerprint density at radius 2 is 1.95 bits per heavy atom. The number of thiazole rings is 1. The van der Waals surface area contributed by atoms with Gasteiger partial charge in [-0.15, -0.1) is 0 Å². The minimum absolute atomic E-state index is 0.0144. The van der Waals surface area contributed by atoms with Crippen LogP contribution in [-0.2, 0) is 16.2 Å². The number of hydrogen-bond acceptors (Lipinski definition) is 4. The topological polar surface area (TPSA) is 59.1 Å². The molecule has 2 rings (SSSR count). The van der Waals surface area contributed by atoms with Crippen LogP contribution < -0.4 is 4.72 Å². The lowest BCUT2D eigenvalue weighted by Crippen LogP contribution is -2.13. The second kappa shape index (κ2) is 5.75. The van der Waals surface area contributed by atoms with Crippen molar-refractivity contribution in [1.82, 2.24) is 4.98 Å². The fraction of sp³-hybridized carbons (Fsp3) is 0.100. The molecule has 0 saturated carbocycles. The van der Waals surface area contributed by atoms with Gasteiger partial charge in [-0.3, -0.25) is 4.72 Å². The number of aromatic nitrogens is 1. The van der Waals surface area contributed by atoms with E-state index in [0.717, 1.165) is 12.3 Å². The van der Waals surface area contributed by atoms with Gasteiger partial charge in [-0.05, 0) is 18.2 Å². The molecule has 1 heterocycles. The fourth-order valence-corrected chi connectivity index (χ4v) is 4.21. The lowest BCUT2D eigenvalue weighted by Gasteiger charge is -2.11. The molecule has 4 nitrogen and oxygen atoms in total. The van der Waals surface area contributed by atoms with Crippen molar-refractivity contribution >= 4 is 54.6 Å².